The molecular formula is C23H16N2. The SMILES string of the molecule is c1ccc(-c2cc3c([nH]c4ccccc43)c(-c3ccccc3)n2)cc1. The van der Waals surface area contributed by atoms with E-state index in [1.807, 2.05) is 12.1 Å². The van der Waals surface area contributed by atoms with Crippen LogP contribution in [0.3, 0.4) is 0 Å². The summed E-state index contributed by atoms with van der Waals surface area (Å²) < 4.78 is 0. The zero-order valence-corrected chi connectivity index (χ0v) is 13.6. The molecule has 0 aliphatic rings. The maximum absolute atomic E-state index is 5.01. The molecule has 118 valence electrons. The smallest absolute Gasteiger partial charge is 0.0950 e. The van der Waals surface area contributed by atoms with E-state index >= 15 is 0 Å². The molecule has 0 aliphatic heterocycles. The van der Waals surface area contributed by atoms with E-state index in [-0.39, 0.29) is 0 Å². The van der Waals surface area contributed by atoms with E-state index in [4.69, 9.17) is 4.98 Å². The van der Waals surface area contributed by atoms with Crippen molar-refractivity contribution in [2.45, 2.75) is 0 Å². The quantitative estimate of drug-likeness (QED) is 0.421. The third kappa shape index (κ3) is 2.31. The molecule has 0 radical (unpaired) electrons. The molecule has 2 nitrogen and oxygen atoms in total. The summed E-state index contributed by atoms with van der Waals surface area (Å²) in [7, 11) is 0. The molecule has 0 atom stereocenters. The summed E-state index contributed by atoms with van der Waals surface area (Å²) in [6.45, 7) is 0. The van der Waals surface area contributed by atoms with Gasteiger partial charge in [-0.2, -0.15) is 0 Å². The zero-order chi connectivity index (χ0) is 16.6. The minimum atomic E-state index is 0.994. The molecule has 2 aromatic heterocycles. The number of benzene rings is 3. The second-order valence-corrected chi connectivity index (χ2v) is 6.18. The van der Waals surface area contributed by atoms with Crippen LogP contribution in [0.5, 0.6) is 0 Å². The van der Waals surface area contributed by atoms with E-state index in [2.05, 4.69) is 83.8 Å². The van der Waals surface area contributed by atoms with Crippen LogP contribution in [0.4, 0.5) is 0 Å². The Morgan fingerprint density at radius 1 is 0.600 bits per heavy atom. The Morgan fingerprint density at radius 3 is 2.00 bits per heavy atom. The minimum absolute atomic E-state index is 0.994. The summed E-state index contributed by atoms with van der Waals surface area (Å²) in [6, 6.07) is 31.4. The molecule has 0 unspecified atom stereocenters. The van der Waals surface area contributed by atoms with Gasteiger partial charge in [-0.1, -0.05) is 78.9 Å². The van der Waals surface area contributed by atoms with Crippen LogP contribution in [0.15, 0.2) is 91.0 Å². The Morgan fingerprint density at radius 2 is 1.24 bits per heavy atom. The van der Waals surface area contributed by atoms with Gasteiger partial charge in [0, 0.05) is 27.4 Å². The minimum Gasteiger partial charge on any atom is -0.353 e. The summed E-state index contributed by atoms with van der Waals surface area (Å²) in [5, 5.41) is 2.44. The summed E-state index contributed by atoms with van der Waals surface area (Å²) in [5.41, 5.74) is 6.47. The maximum atomic E-state index is 5.01. The van der Waals surface area contributed by atoms with Crippen molar-refractivity contribution in [3.05, 3.63) is 91.0 Å². The first-order chi connectivity index (χ1) is 12.4. The van der Waals surface area contributed by atoms with Crippen molar-refractivity contribution in [2.24, 2.45) is 0 Å². The van der Waals surface area contributed by atoms with Crippen LogP contribution in [-0.2, 0) is 0 Å². The number of nitrogens with one attached hydrogen (secondary N) is 1. The number of nitrogens with zero attached hydrogens (tertiary/aromatic N) is 1. The molecule has 0 spiro atoms. The first-order valence-electron chi connectivity index (χ1n) is 8.42. The molecule has 0 saturated carbocycles. The van der Waals surface area contributed by atoms with Crippen LogP contribution in [0, 0.1) is 0 Å². The van der Waals surface area contributed by atoms with Gasteiger partial charge in [0.05, 0.1) is 16.9 Å². The van der Waals surface area contributed by atoms with Gasteiger partial charge in [-0.3, -0.25) is 0 Å². The number of aromatic nitrogens is 2. The van der Waals surface area contributed by atoms with Crippen LogP contribution in [0.25, 0.3) is 44.3 Å². The highest BCUT2D eigenvalue weighted by atomic mass is 14.8. The van der Waals surface area contributed by atoms with Gasteiger partial charge in [0.1, 0.15) is 0 Å². The highest BCUT2D eigenvalue weighted by molar-refractivity contribution is 6.12. The fraction of sp³-hybridized carbons (Fsp3) is 0. The molecule has 0 bridgehead atoms. The maximum Gasteiger partial charge on any atom is 0.0950 e. The second-order valence-electron chi connectivity index (χ2n) is 6.18. The van der Waals surface area contributed by atoms with Crippen LogP contribution in [0.2, 0.25) is 0 Å². The Bertz CT molecular complexity index is 1170. The molecule has 0 fully saturated rings. The molecule has 1 N–H and O–H groups in total. The van der Waals surface area contributed by atoms with E-state index in [1.54, 1.807) is 0 Å². The first kappa shape index (κ1) is 14.0. The highest BCUT2D eigenvalue weighted by Crippen LogP contribution is 2.34. The van der Waals surface area contributed by atoms with E-state index in [1.165, 1.54) is 10.8 Å². The number of fused-ring (bicyclic) bond motifs is 3. The topological polar surface area (TPSA) is 28.7 Å². The van der Waals surface area contributed by atoms with E-state index < -0.39 is 0 Å². The van der Waals surface area contributed by atoms with Crippen molar-refractivity contribution in [3.8, 4) is 22.5 Å². The molecule has 5 rings (SSSR count). The van der Waals surface area contributed by atoms with Gasteiger partial charge in [-0.15, -0.1) is 0 Å². The van der Waals surface area contributed by atoms with Gasteiger partial charge >= 0.3 is 0 Å². The van der Waals surface area contributed by atoms with Crippen LogP contribution < -0.4 is 0 Å². The largest absolute Gasteiger partial charge is 0.353 e. The van der Waals surface area contributed by atoms with Crippen molar-refractivity contribution < 1.29 is 0 Å². The highest BCUT2D eigenvalue weighted by Gasteiger charge is 2.13. The van der Waals surface area contributed by atoms with Gasteiger partial charge in [0.2, 0.25) is 0 Å². The molecule has 3 aromatic carbocycles. The van der Waals surface area contributed by atoms with Gasteiger partial charge in [0.25, 0.3) is 0 Å². The Balaban J connectivity index is 1.90. The average molecular weight is 320 g/mol. The van der Waals surface area contributed by atoms with Crippen molar-refractivity contribution in [3.63, 3.8) is 0 Å². The number of aromatic amines is 1. The second kappa shape index (κ2) is 5.60. The van der Waals surface area contributed by atoms with Crippen LogP contribution in [0.1, 0.15) is 0 Å². The number of hydrogen-bond donors (Lipinski definition) is 1. The third-order valence-electron chi connectivity index (χ3n) is 4.61. The van der Waals surface area contributed by atoms with E-state index in [0.29, 0.717) is 0 Å². The fourth-order valence-electron chi connectivity index (χ4n) is 3.41. The number of para-hydroxylation sites is 1. The van der Waals surface area contributed by atoms with Crippen LogP contribution >= 0.6 is 0 Å². The fourth-order valence-corrected chi connectivity index (χ4v) is 3.41. The Labute approximate surface area is 145 Å². The monoisotopic (exact) mass is 320 g/mol. The average Bonchev–Trinajstić information content (AvgIpc) is 3.07. The van der Waals surface area contributed by atoms with Crippen molar-refractivity contribution in [2.75, 3.05) is 0 Å². The first-order valence-corrected chi connectivity index (χ1v) is 8.42. The number of H-pyrrole nitrogens is 1. The number of rotatable bonds is 2. The van der Waals surface area contributed by atoms with E-state index in [9.17, 15) is 0 Å². The summed E-state index contributed by atoms with van der Waals surface area (Å²) in [4.78, 5) is 8.57. The summed E-state index contributed by atoms with van der Waals surface area (Å²) in [5.74, 6) is 0. The van der Waals surface area contributed by atoms with Crippen LogP contribution in [-0.4, -0.2) is 9.97 Å². The van der Waals surface area contributed by atoms with Crippen molar-refractivity contribution in [1.29, 1.82) is 0 Å². The molecule has 0 aliphatic carbocycles. The molecule has 2 heteroatoms. The molecular weight excluding hydrogens is 304 g/mol. The standard InChI is InChI=1S/C23H16N2/c1-3-9-16(10-4-1)21-15-19-18-13-7-8-14-20(18)24-23(19)22(25-21)17-11-5-2-6-12-17/h1-15,24H. The van der Waals surface area contributed by atoms with Crippen molar-refractivity contribution >= 4 is 21.8 Å². The zero-order valence-electron chi connectivity index (χ0n) is 13.6. The van der Waals surface area contributed by atoms with Gasteiger partial charge in [-0.25, -0.2) is 4.98 Å². The lowest BCUT2D eigenvalue weighted by Crippen LogP contribution is -1.90. The molecule has 5 aromatic rings. The van der Waals surface area contributed by atoms with Gasteiger partial charge in [0.15, 0.2) is 0 Å². The predicted molar refractivity (Wildman–Crippen MR) is 104 cm³/mol. The molecule has 0 saturated heterocycles. The Kier molecular flexibility index (Phi) is 3.14. The van der Waals surface area contributed by atoms with Gasteiger partial charge in [-0.05, 0) is 12.1 Å². The lowest BCUT2D eigenvalue weighted by molar-refractivity contribution is 1.34. The Hall–Kier alpha value is -3.39. The van der Waals surface area contributed by atoms with Crippen molar-refractivity contribution in [1.82, 2.24) is 9.97 Å². The number of hydrogen-bond acceptors (Lipinski definition) is 1. The summed E-state index contributed by atoms with van der Waals surface area (Å²) >= 11 is 0. The van der Waals surface area contributed by atoms with E-state index in [0.717, 1.165) is 33.5 Å². The molecule has 2 heterocycles. The molecule has 0 amide bonds. The van der Waals surface area contributed by atoms with Gasteiger partial charge < -0.3 is 4.98 Å². The molecule has 25 heavy (non-hydrogen) atoms. The lowest BCUT2D eigenvalue weighted by Gasteiger charge is -2.08. The normalized spacial score (nSPS) is 11.2. The number of pyridine rings is 1. The lowest BCUT2D eigenvalue weighted by atomic mass is 10.0. The third-order valence-corrected chi connectivity index (χ3v) is 4.61. The summed E-state index contributed by atoms with van der Waals surface area (Å²) in [6.07, 6.45) is 0. The predicted octanol–water partition coefficient (Wildman–Crippen LogP) is 6.05.